The van der Waals surface area contributed by atoms with Crippen LogP contribution in [-0.4, -0.2) is 18.5 Å². The van der Waals surface area contributed by atoms with Gasteiger partial charge in [0.2, 0.25) is 5.91 Å². The Morgan fingerprint density at radius 1 is 1.39 bits per heavy atom. The number of nitrogens with two attached hydrogens (primary N) is 1. The number of carbonyl (C=O) groups is 1. The molecule has 0 spiro atoms. The molecule has 1 unspecified atom stereocenters. The maximum atomic E-state index is 11.4. The standard InChI is InChI=1S/C12H16Cl2N2O.ClH/c1-8(15)7-12(17)16-6-5-9-10(13)3-2-4-11(9)14;/h2-4,8H,5-7,15H2,1H3,(H,16,17);1H. The van der Waals surface area contributed by atoms with Crippen LogP contribution in [0.4, 0.5) is 0 Å². The van der Waals surface area contributed by atoms with Crippen molar-refractivity contribution in [2.45, 2.75) is 25.8 Å². The fraction of sp³-hybridized carbons (Fsp3) is 0.417. The van der Waals surface area contributed by atoms with E-state index in [1.165, 1.54) is 0 Å². The van der Waals surface area contributed by atoms with E-state index in [0.29, 0.717) is 29.4 Å². The third-order valence-electron chi connectivity index (χ3n) is 2.27. The molecule has 0 saturated carbocycles. The van der Waals surface area contributed by atoms with Gasteiger partial charge in [-0.15, -0.1) is 12.4 Å². The second-order valence-electron chi connectivity index (χ2n) is 3.98. The summed E-state index contributed by atoms with van der Waals surface area (Å²) in [6.45, 7) is 2.31. The first kappa shape index (κ1) is 17.5. The Morgan fingerprint density at radius 3 is 2.44 bits per heavy atom. The number of hydrogen-bond acceptors (Lipinski definition) is 2. The molecule has 102 valence electrons. The molecule has 0 aromatic heterocycles. The van der Waals surface area contributed by atoms with Crippen LogP contribution in [0.2, 0.25) is 10.0 Å². The van der Waals surface area contributed by atoms with Gasteiger partial charge in [-0.05, 0) is 31.0 Å². The fourth-order valence-electron chi connectivity index (χ4n) is 1.46. The molecule has 0 saturated heterocycles. The molecule has 6 heteroatoms. The van der Waals surface area contributed by atoms with E-state index in [4.69, 9.17) is 28.9 Å². The smallest absolute Gasteiger partial charge is 0.221 e. The number of nitrogens with one attached hydrogen (secondary N) is 1. The second kappa shape index (κ2) is 8.59. The summed E-state index contributed by atoms with van der Waals surface area (Å²) in [6, 6.07) is 5.24. The molecule has 0 aliphatic rings. The van der Waals surface area contributed by atoms with Gasteiger partial charge in [0.1, 0.15) is 0 Å². The maximum absolute atomic E-state index is 11.4. The van der Waals surface area contributed by atoms with E-state index in [9.17, 15) is 4.79 Å². The Labute approximate surface area is 123 Å². The van der Waals surface area contributed by atoms with Crippen molar-refractivity contribution < 1.29 is 4.79 Å². The van der Waals surface area contributed by atoms with Crippen LogP contribution in [0.3, 0.4) is 0 Å². The second-order valence-corrected chi connectivity index (χ2v) is 4.80. The average Bonchev–Trinajstić information content (AvgIpc) is 2.21. The molecule has 0 aliphatic heterocycles. The monoisotopic (exact) mass is 310 g/mol. The molecule has 1 aromatic rings. The highest BCUT2D eigenvalue weighted by Gasteiger charge is 2.07. The van der Waals surface area contributed by atoms with Gasteiger partial charge in [0.15, 0.2) is 0 Å². The van der Waals surface area contributed by atoms with Crippen molar-refractivity contribution >= 4 is 41.5 Å². The summed E-state index contributed by atoms with van der Waals surface area (Å²) < 4.78 is 0. The summed E-state index contributed by atoms with van der Waals surface area (Å²) >= 11 is 12.0. The molecule has 1 atom stereocenters. The Balaban J connectivity index is 0.00000289. The summed E-state index contributed by atoms with van der Waals surface area (Å²) in [5.74, 6) is -0.0526. The van der Waals surface area contributed by atoms with Crippen LogP contribution in [0.15, 0.2) is 18.2 Å². The summed E-state index contributed by atoms with van der Waals surface area (Å²) in [4.78, 5) is 11.4. The van der Waals surface area contributed by atoms with Gasteiger partial charge >= 0.3 is 0 Å². The van der Waals surface area contributed by atoms with E-state index in [1.54, 1.807) is 25.1 Å². The van der Waals surface area contributed by atoms with E-state index in [0.717, 1.165) is 5.56 Å². The normalized spacial score (nSPS) is 11.6. The van der Waals surface area contributed by atoms with Crippen LogP contribution in [0.1, 0.15) is 18.9 Å². The Hall–Kier alpha value is -0.480. The van der Waals surface area contributed by atoms with Gasteiger partial charge in [0.25, 0.3) is 0 Å². The highest BCUT2D eigenvalue weighted by molar-refractivity contribution is 6.35. The van der Waals surface area contributed by atoms with Crippen molar-refractivity contribution in [2.24, 2.45) is 5.73 Å². The van der Waals surface area contributed by atoms with E-state index in [1.807, 2.05) is 0 Å². The minimum Gasteiger partial charge on any atom is -0.356 e. The van der Waals surface area contributed by atoms with Crippen LogP contribution in [0.25, 0.3) is 0 Å². The Morgan fingerprint density at radius 2 is 1.94 bits per heavy atom. The molecule has 0 aliphatic carbocycles. The molecule has 1 rings (SSSR count). The van der Waals surface area contributed by atoms with Gasteiger partial charge in [-0.1, -0.05) is 29.3 Å². The summed E-state index contributed by atoms with van der Waals surface area (Å²) in [6.07, 6.45) is 0.944. The lowest BCUT2D eigenvalue weighted by Gasteiger charge is -2.09. The number of hydrogen-bond donors (Lipinski definition) is 2. The quantitative estimate of drug-likeness (QED) is 0.878. The maximum Gasteiger partial charge on any atom is 0.221 e. The predicted molar refractivity (Wildman–Crippen MR) is 78.7 cm³/mol. The van der Waals surface area contributed by atoms with E-state index >= 15 is 0 Å². The highest BCUT2D eigenvalue weighted by Crippen LogP contribution is 2.24. The number of halogens is 3. The molecule has 0 fully saturated rings. The summed E-state index contributed by atoms with van der Waals surface area (Å²) in [5.41, 5.74) is 6.38. The molecule has 0 heterocycles. The number of rotatable bonds is 5. The van der Waals surface area contributed by atoms with Crippen LogP contribution in [0.5, 0.6) is 0 Å². The van der Waals surface area contributed by atoms with Gasteiger partial charge in [-0.3, -0.25) is 4.79 Å². The van der Waals surface area contributed by atoms with E-state index in [-0.39, 0.29) is 24.4 Å². The zero-order valence-electron chi connectivity index (χ0n) is 10.1. The molecule has 18 heavy (non-hydrogen) atoms. The van der Waals surface area contributed by atoms with Crippen molar-refractivity contribution in [3.05, 3.63) is 33.8 Å². The predicted octanol–water partition coefficient (Wildman–Crippen LogP) is 2.81. The molecule has 1 amide bonds. The van der Waals surface area contributed by atoms with Crippen LogP contribution in [-0.2, 0) is 11.2 Å². The first-order chi connectivity index (χ1) is 8.00. The summed E-state index contributed by atoms with van der Waals surface area (Å²) in [5, 5.41) is 4.03. The van der Waals surface area contributed by atoms with Crippen molar-refractivity contribution in [3.8, 4) is 0 Å². The number of amides is 1. The molecular weight excluding hydrogens is 295 g/mol. The van der Waals surface area contributed by atoms with Gasteiger partial charge in [-0.2, -0.15) is 0 Å². The largest absolute Gasteiger partial charge is 0.356 e. The molecular formula is C12H17Cl3N2O. The lowest BCUT2D eigenvalue weighted by Crippen LogP contribution is -2.31. The minimum atomic E-state index is -0.126. The number of carbonyl (C=O) groups excluding carboxylic acids is 1. The lowest BCUT2D eigenvalue weighted by molar-refractivity contribution is -0.121. The fourth-order valence-corrected chi connectivity index (χ4v) is 2.05. The van der Waals surface area contributed by atoms with Gasteiger partial charge < -0.3 is 11.1 Å². The van der Waals surface area contributed by atoms with Crippen molar-refractivity contribution in [2.75, 3.05) is 6.54 Å². The number of benzene rings is 1. The molecule has 0 radical (unpaired) electrons. The third-order valence-corrected chi connectivity index (χ3v) is 2.97. The highest BCUT2D eigenvalue weighted by atomic mass is 35.5. The Bertz CT molecular complexity index is 377. The van der Waals surface area contributed by atoms with Crippen molar-refractivity contribution in [1.29, 1.82) is 0 Å². The molecule has 3 N–H and O–H groups in total. The first-order valence-corrected chi connectivity index (χ1v) is 6.21. The zero-order chi connectivity index (χ0) is 12.8. The SMILES string of the molecule is CC(N)CC(=O)NCCc1c(Cl)cccc1Cl.Cl. The van der Waals surface area contributed by atoms with Gasteiger partial charge in [-0.25, -0.2) is 0 Å². The van der Waals surface area contributed by atoms with Gasteiger partial charge in [0.05, 0.1) is 0 Å². The topological polar surface area (TPSA) is 55.1 Å². The Kier molecular flexibility index (Phi) is 8.36. The first-order valence-electron chi connectivity index (χ1n) is 5.46. The molecule has 1 aromatic carbocycles. The van der Waals surface area contributed by atoms with Crippen LogP contribution >= 0.6 is 35.6 Å². The lowest BCUT2D eigenvalue weighted by atomic mass is 10.1. The van der Waals surface area contributed by atoms with Crippen LogP contribution in [0, 0.1) is 0 Å². The van der Waals surface area contributed by atoms with E-state index < -0.39 is 0 Å². The van der Waals surface area contributed by atoms with Crippen molar-refractivity contribution in [1.82, 2.24) is 5.32 Å². The van der Waals surface area contributed by atoms with Crippen LogP contribution < -0.4 is 11.1 Å². The molecule has 0 bridgehead atoms. The molecule has 3 nitrogen and oxygen atoms in total. The zero-order valence-corrected chi connectivity index (χ0v) is 12.4. The van der Waals surface area contributed by atoms with Crippen molar-refractivity contribution in [3.63, 3.8) is 0 Å². The summed E-state index contributed by atoms with van der Waals surface area (Å²) in [7, 11) is 0. The van der Waals surface area contributed by atoms with E-state index in [2.05, 4.69) is 5.32 Å². The average molecular weight is 312 g/mol. The van der Waals surface area contributed by atoms with Gasteiger partial charge in [0, 0.05) is 29.1 Å². The third kappa shape index (κ3) is 5.91. The minimum absolute atomic E-state index is 0.